The fraction of sp³-hybridized carbons (Fsp3) is 0.750. The zero-order chi connectivity index (χ0) is 10.3. The Bertz CT molecular complexity index is 361. The van der Waals surface area contributed by atoms with E-state index in [0.29, 0.717) is 5.41 Å². The van der Waals surface area contributed by atoms with Gasteiger partial charge in [-0.3, -0.25) is 4.68 Å². The van der Waals surface area contributed by atoms with Gasteiger partial charge in [0.1, 0.15) is 0 Å². The first-order valence-electron chi connectivity index (χ1n) is 6.12. The van der Waals surface area contributed by atoms with Gasteiger partial charge in [-0.05, 0) is 51.3 Å². The molecule has 0 bridgehead atoms. The predicted molar refractivity (Wildman–Crippen MR) is 60.0 cm³/mol. The van der Waals surface area contributed by atoms with Crippen LogP contribution in [0.1, 0.15) is 37.4 Å². The van der Waals surface area contributed by atoms with Gasteiger partial charge in [0.2, 0.25) is 0 Å². The molecule has 2 heterocycles. The van der Waals surface area contributed by atoms with E-state index in [-0.39, 0.29) is 0 Å². The third kappa shape index (κ3) is 1.33. The predicted octanol–water partition coefficient (Wildman–Crippen LogP) is 1.47. The van der Waals surface area contributed by atoms with Gasteiger partial charge in [0, 0.05) is 18.2 Å². The van der Waals surface area contributed by atoms with Gasteiger partial charge in [-0.2, -0.15) is 5.10 Å². The molecule has 3 heteroatoms. The highest BCUT2D eigenvalue weighted by atomic mass is 15.3. The Morgan fingerprint density at radius 3 is 2.93 bits per heavy atom. The first-order chi connectivity index (χ1) is 7.34. The summed E-state index contributed by atoms with van der Waals surface area (Å²) in [5, 5.41) is 8.12. The molecule has 15 heavy (non-hydrogen) atoms. The highest BCUT2D eigenvalue weighted by Crippen LogP contribution is 2.44. The third-order valence-electron chi connectivity index (χ3n) is 4.13. The largest absolute Gasteiger partial charge is 0.317 e. The summed E-state index contributed by atoms with van der Waals surface area (Å²) < 4.78 is 2.10. The number of hydrogen-bond acceptors (Lipinski definition) is 2. The van der Waals surface area contributed by atoms with Crippen LogP contribution >= 0.6 is 0 Å². The minimum atomic E-state index is 0.480. The molecule has 82 valence electrons. The Balaban J connectivity index is 1.98. The maximum atomic E-state index is 4.66. The lowest BCUT2D eigenvalue weighted by Gasteiger charge is -2.34. The van der Waals surface area contributed by atoms with E-state index < -0.39 is 0 Å². The van der Waals surface area contributed by atoms with Crippen LogP contribution in [0, 0.1) is 0 Å². The SMILES string of the molecule is CCn1cc2c(n1)CCC21CCNCC1. The minimum Gasteiger partial charge on any atom is -0.317 e. The number of aryl methyl sites for hydroxylation is 2. The van der Waals surface area contributed by atoms with Crippen molar-refractivity contribution in [1.82, 2.24) is 15.1 Å². The Kier molecular flexibility index (Phi) is 2.09. The molecule has 0 unspecified atom stereocenters. The van der Waals surface area contributed by atoms with Crippen molar-refractivity contribution in [2.45, 2.75) is 44.6 Å². The number of fused-ring (bicyclic) bond motifs is 2. The second-order valence-electron chi connectivity index (χ2n) is 4.88. The fourth-order valence-corrected chi connectivity index (χ4v) is 3.17. The molecule has 0 aromatic carbocycles. The summed E-state index contributed by atoms with van der Waals surface area (Å²) in [6, 6.07) is 0. The van der Waals surface area contributed by atoms with Crippen LogP contribution in [0.15, 0.2) is 6.20 Å². The van der Waals surface area contributed by atoms with Gasteiger partial charge >= 0.3 is 0 Å². The number of nitrogens with one attached hydrogen (secondary N) is 1. The molecule has 0 radical (unpaired) electrons. The first kappa shape index (κ1) is 9.40. The lowest BCUT2D eigenvalue weighted by atomic mass is 9.75. The van der Waals surface area contributed by atoms with Gasteiger partial charge in [-0.15, -0.1) is 0 Å². The molecule has 1 aromatic rings. The maximum Gasteiger partial charge on any atom is 0.0662 e. The molecule has 0 amide bonds. The summed E-state index contributed by atoms with van der Waals surface area (Å²) in [5.41, 5.74) is 3.41. The topological polar surface area (TPSA) is 29.9 Å². The van der Waals surface area contributed by atoms with Crippen molar-refractivity contribution in [1.29, 1.82) is 0 Å². The van der Waals surface area contributed by atoms with Crippen molar-refractivity contribution < 1.29 is 0 Å². The smallest absolute Gasteiger partial charge is 0.0662 e. The van der Waals surface area contributed by atoms with Crippen LogP contribution in [-0.4, -0.2) is 22.9 Å². The summed E-state index contributed by atoms with van der Waals surface area (Å²) in [6.07, 6.45) is 7.43. The summed E-state index contributed by atoms with van der Waals surface area (Å²) in [6.45, 7) is 5.52. The van der Waals surface area contributed by atoms with Crippen LogP contribution in [0.25, 0.3) is 0 Å². The van der Waals surface area contributed by atoms with E-state index in [0.717, 1.165) is 6.54 Å². The molecule has 2 aliphatic rings. The summed E-state index contributed by atoms with van der Waals surface area (Å²) in [7, 11) is 0. The van der Waals surface area contributed by atoms with E-state index in [4.69, 9.17) is 0 Å². The summed E-state index contributed by atoms with van der Waals surface area (Å²) in [5.74, 6) is 0. The van der Waals surface area contributed by atoms with Crippen molar-refractivity contribution in [2.75, 3.05) is 13.1 Å². The zero-order valence-corrected chi connectivity index (χ0v) is 9.42. The molecule has 3 nitrogen and oxygen atoms in total. The number of rotatable bonds is 1. The van der Waals surface area contributed by atoms with Crippen molar-refractivity contribution >= 4 is 0 Å². The molecular weight excluding hydrogens is 186 g/mol. The zero-order valence-electron chi connectivity index (χ0n) is 9.42. The van der Waals surface area contributed by atoms with Crippen LogP contribution in [0.2, 0.25) is 0 Å². The van der Waals surface area contributed by atoms with Crippen LogP contribution in [0.5, 0.6) is 0 Å². The van der Waals surface area contributed by atoms with Gasteiger partial charge in [-0.1, -0.05) is 0 Å². The molecule has 1 fully saturated rings. The van der Waals surface area contributed by atoms with Crippen molar-refractivity contribution in [3.05, 3.63) is 17.5 Å². The maximum absolute atomic E-state index is 4.66. The van der Waals surface area contributed by atoms with Crippen LogP contribution in [0.4, 0.5) is 0 Å². The molecular formula is C12H19N3. The highest BCUT2D eigenvalue weighted by Gasteiger charge is 2.41. The molecule has 1 N–H and O–H groups in total. The van der Waals surface area contributed by atoms with Crippen molar-refractivity contribution in [2.24, 2.45) is 0 Å². The second-order valence-corrected chi connectivity index (χ2v) is 4.88. The Morgan fingerprint density at radius 1 is 1.40 bits per heavy atom. The average Bonchev–Trinajstić information content (AvgIpc) is 2.82. The first-order valence-corrected chi connectivity index (χ1v) is 6.12. The van der Waals surface area contributed by atoms with E-state index in [1.807, 2.05) is 0 Å². The number of hydrogen-bond donors (Lipinski definition) is 1. The average molecular weight is 205 g/mol. The summed E-state index contributed by atoms with van der Waals surface area (Å²) in [4.78, 5) is 0. The minimum absolute atomic E-state index is 0.480. The normalized spacial score (nSPS) is 23.3. The van der Waals surface area contributed by atoms with Crippen molar-refractivity contribution in [3.8, 4) is 0 Å². The lowest BCUT2D eigenvalue weighted by molar-refractivity contribution is 0.305. The number of piperidine rings is 1. The quantitative estimate of drug-likeness (QED) is 0.752. The van der Waals surface area contributed by atoms with E-state index >= 15 is 0 Å². The fourth-order valence-electron chi connectivity index (χ4n) is 3.17. The molecule has 0 saturated carbocycles. The monoisotopic (exact) mass is 205 g/mol. The van der Waals surface area contributed by atoms with Gasteiger partial charge in [0.05, 0.1) is 5.69 Å². The van der Waals surface area contributed by atoms with Crippen LogP contribution in [-0.2, 0) is 18.4 Å². The molecule has 1 aliphatic carbocycles. The standard InChI is InChI=1S/C12H19N3/c1-2-15-9-10-11(14-15)3-4-12(10)5-7-13-8-6-12/h9,13H,2-8H2,1H3. The number of nitrogens with zero attached hydrogens (tertiary/aromatic N) is 2. The van der Waals surface area contributed by atoms with Gasteiger partial charge in [0.25, 0.3) is 0 Å². The molecule has 1 saturated heterocycles. The second kappa shape index (κ2) is 3.34. The van der Waals surface area contributed by atoms with E-state index in [2.05, 4.69) is 28.2 Å². The molecule has 1 spiro atoms. The Labute approximate surface area is 90.9 Å². The molecule has 3 rings (SSSR count). The third-order valence-corrected chi connectivity index (χ3v) is 4.13. The van der Waals surface area contributed by atoms with Gasteiger partial charge in [-0.25, -0.2) is 0 Å². The molecule has 0 atom stereocenters. The Morgan fingerprint density at radius 2 is 2.20 bits per heavy atom. The lowest BCUT2D eigenvalue weighted by Crippen LogP contribution is -2.38. The Hall–Kier alpha value is -0.830. The number of aromatic nitrogens is 2. The highest BCUT2D eigenvalue weighted by molar-refractivity contribution is 5.34. The van der Waals surface area contributed by atoms with Gasteiger partial charge < -0.3 is 5.32 Å². The summed E-state index contributed by atoms with van der Waals surface area (Å²) >= 11 is 0. The van der Waals surface area contributed by atoms with Crippen LogP contribution in [0.3, 0.4) is 0 Å². The van der Waals surface area contributed by atoms with Crippen LogP contribution < -0.4 is 5.32 Å². The van der Waals surface area contributed by atoms with Crippen molar-refractivity contribution in [3.63, 3.8) is 0 Å². The van der Waals surface area contributed by atoms with E-state index in [1.54, 1.807) is 5.56 Å². The van der Waals surface area contributed by atoms with Gasteiger partial charge in [0.15, 0.2) is 0 Å². The van der Waals surface area contributed by atoms with E-state index in [9.17, 15) is 0 Å². The van der Waals surface area contributed by atoms with E-state index in [1.165, 1.54) is 44.5 Å². The molecule has 1 aliphatic heterocycles. The molecule has 1 aromatic heterocycles.